The molecule has 0 aliphatic rings. The van der Waals surface area contributed by atoms with E-state index in [-0.39, 0.29) is 5.91 Å². The van der Waals surface area contributed by atoms with Gasteiger partial charge in [0.1, 0.15) is 0 Å². The molecule has 0 atom stereocenters. The van der Waals surface area contributed by atoms with Crippen LogP contribution in [-0.4, -0.2) is 10.9 Å². The van der Waals surface area contributed by atoms with Crippen molar-refractivity contribution in [3.63, 3.8) is 0 Å². The first-order valence-corrected chi connectivity index (χ1v) is 6.56. The van der Waals surface area contributed by atoms with Gasteiger partial charge in [0, 0.05) is 10.9 Å². The minimum absolute atomic E-state index is 0.188. The fourth-order valence-electron chi connectivity index (χ4n) is 1.79. The summed E-state index contributed by atoms with van der Waals surface area (Å²) in [7, 11) is 0. The number of carbonyl (C=O) groups is 1. The fourth-order valence-corrected chi connectivity index (χ4v) is 2.74. The van der Waals surface area contributed by atoms with E-state index in [0.717, 1.165) is 10.1 Å². The zero-order valence-corrected chi connectivity index (χ0v) is 10.8. The van der Waals surface area contributed by atoms with Crippen molar-refractivity contribution in [2.24, 2.45) is 0 Å². The van der Waals surface area contributed by atoms with Crippen molar-refractivity contribution >= 4 is 38.8 Å². The molecule has 3 N–H and O–H groups in total. The third-order valence-corrected chi connectivity index (χ3v) is 3.84. The molecule has 0 aliphatic carbocycles. The van der Waals surface area contributed by atoms with Gasteiger partial charge in [0.05, 0.1) is 10.6 Å². The predicted octanol–water partition coefficient (Wildman–Crippen LogP) is 3.13. The molecular weight excluding hydrogens is 258 g/mol. The van der Waals surface area contributed by atoms with Gasteiger partial charge >= 0.3 is 0 Å². The number of carbonyl (C=O) groups excluding carboxylic acids is 1. The van der Waals surface area contributed by atoms with Gasteiger partial charge in [-0.15, -0.1) is 11.3 Å². The Kier molecular flexibility index (Phi) is 2.89. The number of rotatable bonds is 2. The van der Waals surface area contributed by atoms with Crippen LogP contribution in [0.5, 0.6) is 0 Å². The lowest BCUT2D eigenvalue weighted by Gasteiger charge is -2.04. The van der Waals surface area contributed by atoms with Crippen LogP contribution >= 0.6 is 11.3 Å². The van der Waals surface area contributed by atoms with Gasteiger partial charge in [-0.3, -0.25) is 4.79 Å². The van der Waals surface area contributed by atoms with Crippen molar-refractivity contribution in [3.05, 3.63) is 53.5 Å². The van der Waals surface area contributed by atoms with Crippen molar-refractivity contribution < 1.29 is 4.79 Å². The van der Waals surface area contributed by atoms with E-state index >= 15 is 0 Å². The van der Waals surface area contributed by atoms with E-state index in [1.165, 1.54) is 11.3 Å². The van der Waals surface area contributed by atoms with Gasteiger partial charge in [-0.1, -0.05) is 18.2 Å². The summed E-state index contributed by atoms with van der Waals surface area (Å²) >= 11 is 1.45. The molecule has 0 saturated carbocycles. The summed E-state index contributed by atoms with van der Waals surface area (Å²) in [6.07, 6.45) is 1.59. The molecule has 0 fully saturated rings. The normalized spacial score (nSPS) is 10.5. The Morgan fingerprint density at radius 1 is 1.21 bits per heavy atom. The lowest BCUT2D eigenvalue weighted by Crippen LogP contribution is -2.12. The number of benzene rings is 1. The number of fused-ring (bicyclic) bond motifs is 1. The third kappa shape index (κ3) is 2.28. The van der Waals surface area contributed by atoms with Gasteiger partial charge in [0.15, 0.2) is 5.82 Å². The molecule has 0 spiro atoms. The summed E-state index contributed by atoms with van der Waals surface area (Å²) in [5, 5.41) is 3.78. The van der Waals surface area contributed by atoms with Crippen LogP contribution in [0.25, 0.3) is 10.1 Å². The molecule has 2 heterocycles. The molecule has 5 heteroatoms. The maximum absolute atomic E-state index is 12.1. The second-order valence-corrected chi connectivity index (χ2v) is 5.13. The average Bonchev–Trinajstić information content (AvgIpc) is 2.85. The van der Waals surface area contributed by atoms with Gasteiger partial charge in [-0.05, 0) is 29.7 Å². The summed E-state index contributed by atoms with van der Waals surface area (Å²) in [4.78, 5) is 16.8. The Bertz CT molecular complexity index is 718. The van der Waals surface area contributed by atoms with E-state index in [1.807, 2.05) is 30.3 Å². The average molecular weight is 269 g/mol. The van der Waals surface area contributed by atoms with E-state index in [4.69, 9.17) is 5.73 Å². The Morgan fingerprint density at radius 3 is 2.84 bits per heavy atom. The van der Waals surface area contributed by atoms with Crippen molar-refractivity contribution in [1.29, 1.82) is 0 Å². The number of anilines is 2. The van der Waals surface area contributed by atoms with E-state index in [9.17, 15) is 4.79 Å². The van der Waals surface area contributed by atoms with Gasteiger partial charge in [-0.25, -0.2) is 4.98 Å². The van der Waals surface area contributed by atoms with Gasteiger partial charge in [0.25, 0.3) is 5.91 Å². The Balaban J connectivity index is 1.90. The molecule has 19 heavy (non-hydrogen) atoms. The highest BCUT2D eigenvalue weighted by atomic mass is 32.1. The molecule has 1 aromatic carbocycles. The number of aromatic nitrogens is 1. The number of nitrogens with one attached hydrogen (secondary N) is 1. The fraction of sp³-hybridized carbons (Fsp3) is 0. The molecule has 1 amide bonds. The summed E-state index contributed by atoms with van der Waals surface area (Å²) in [5.74, 6) is 0.205. The zero-order chi connectivity index (χ0) is 13.2. The summed E-state index contributed by atoms with van der Waals surface area (Å²) in [5.41, 5.74) is 6.20. The Hall–Kier alpha value is -2.40. The van der Waals surface area contributed by atoms with E-state index < -0.39 is 0 Å². The number of hydrogen-bond acceptors (Lipinski definition) is 4. The first-order valence-electron chi connectivity index (χ1n) is 5.74. The predicted molar refractivity (Wildman–Crippen MR) is 78.4 cm³/mol. The Labute approximate surface area is 113 Å². The van der Waals surface area contributed by atoms with Gasteiger partial charge in [-0.2, -0.15) is 0 Å². The van der Waals surface area contributed by atoms with E-state index in [0.29, 0.717) is 16.4 Å². The van der Waals surface area contributed by atoms with Crippen molar-refractivity contribution in [2.75, 3.05) is 11.1 Å². The lowest BCUT2D eigenvalue weighted by atomic mass is 10.2. The monoisotopic (exact) mass is 269 g/mol. The van der Waals surface area contributed by atoms with Crippen LogP contribution in [0, 0.1) is 0 Å². The van der Waals surface area contributed by atoms with Crippen LogP contribution in [0.4, 0.5) is 11.5 Å². The molecule has 3 aromatic rings. The van der Waals surface area contributed by atoms with E-state index in [1.54, 1.807) is 18.3 Å². The van der Waals surface area contributed by atoms with Crippen molar-refractivity contribution in [1.82, 2.24) is 4.98 Å². The number of pyridine rings is 1. The highest BCUT2D eigenvalue weighted by Gasteiger charge is 2.11. The maximum atomic E-state index is 12.1. The second kappa shape index (κ2) is 4.70. The number of thiophene rings is 1. The number of nitrogens with zero attached hydrogens (tertiary/aromatic N) is 1. The standard InChI is InChI=1S/C14H11N3OS/c15-10-5-3-7-16-13(10)17-14(18)12-8-9-4-1-2-6-11(9)19-12/h1-8H,15H2,(H,16,17,18). The number of amides is 1. The number of hydrogen-bond donors (Lipinski definition) is 2. The molecule has 0 saturated heterocycles. The van der Waals surface area contributed by atoms with Crippen molar-refractivity contribution in [3.8, 4) is 0 Å². The van der Waals surface area contributed by atoms with Crippen LogP contribution in [0.2, 0.25) is 0 Å². The van der Waals surface area contributed by atoms with Crippen LogP contribution in [0.3, 0.4) is 0 Å². The number of nitrogens with two attached hydrogens (primary N) is 1. The first kappa shape index (κ1) is 11.7. The molecule has 94 valence electrons. The summed E-state index contributed by atoms with van der Waals surface area (Å²) < 4.78 is 1.08. The lowest BCUT2D eigenvalue weighted by molar-refractivity contribution is 0.103. The smallest absolute Gasteiger partial charge is 0.266 e. The molecule has 0 aliphatic heterocycles. The minimum Gasteiger partial charge on any atom is -0.396 e. The summed E-state index contributed by atoms with van der Waals surface area (Å²) in [6, 6.07) is 13.2. The topological polar surface area (TPSA) is 68.0 Å². The molecule has 0 bridgehead atoms. The molecule has 0 radical (unpaired) electrons. The molecule has 0 unspecified atom stereocenters. The molecule has 2 aromatic heterocycles. The number of nitrogen functional groups attached to an aromatic ring is 1. The van der Waals surface area contributed by atoms with Crippen LogP contribution < -0.4 is 11.1 Å². The quantitative estimate of drug-likeness (QED) is 0.751. The zero-order valence-electron chi connectivity index (χ0n) is 9.96. The minimum atomic E-state index is -0.188. The molecular formula is C14H11N3OS. The SMILES string of the molecule is Nc1cccnc1NC(=O)c1cc2ccccc2s1. The van der Waals surface area contributed by atoms with E-state index in [2.05, 4.69) is 10.3 Å². The highest BCUT2D eigenvalue weighted by Crippen LogP contribution is 2.26. The maximum Gasteiger partial charge on any atom is 0.266 e. The van der Waals surface area contributed by atoms with Crippen LogP contribution in [0.15, 0.2) is 48.7 Å². The van der Waals surface area contributed by atoms with Crippen LogP contribution in [-0.2, 0) is 0 Å². The van der Waals surface area contributed by atoms with Gasteiger partial charge < -0.3 is 11.1 Å². The largest absolute Gasteiger partial charge is 0.396 e. The first-order chi connectivity index (χ1) is 9.24. The second-order valence-electron chi connectivity index (χ2n) is 4.04. The van der Waals surface area contributed by atoms with Gasteiger partial charge in [0.2, 0.25) is 0 Å². The summed E-state index contributed by atoms with van der Waals surface area (Å²) in [6.45, 7) is 0. The molecule has 3 rings (SSSR count). The van der Waals surface area contributed by atoms with Crippen LogP contribution in [0.1, 0.15) is 9.67 Å². The Morgan fingerprint density at radius 2 is 2.05 bits per heavy atom. The third-order valence-electron chi connectivity index (χ3n) is 2.72. The van der Waals surface area contributed by atoms with Crippen molar-refractivity contribution in [2.45, 2.75) is 0 Å². The molecule has 4 nitrogen and oxygen atoms in total. The highest BCUT2D eigenvalue weighted by molar-refractivity contribution is 7.20.